The van der Waals surface area contributed by atoms with Crippen molar-refractivity contribution < 1.29 is 0 Å². The highest BCUT2D eigenvalue weighted by Crippen LogP contribution is 2.32. The molecular formula is C24H35N9. The Morgan fingerprint density at radius 3 is 2.42 bits per heavy atom. The molecule has 0 aromatic carbocycles. The Labute approximate surface area is 195 Å². The van der Waals surface area contributed by atoms with Gasteiger partial charge in [-0.05, 0) is 52.2 Å². The zero-order valence-corrected chi connectivity index (χ0v) is 20.0. The van der Waals surface area contributed by atoms with Gasteiger partial charge < -0.3 is 20.9 Å². The number of likely N-dealkylation sites (tertiary alicyclic amines) is 2. The maximum atomic E-state index is 6.16. The van der Waals surface area contributed by atoms with E-state index in [0.717, 1.165) is 66.5 Å². The lowest BCUT2D eigenvalue weighted by molar-refractivity contribution is 0.0851. The van der Waals surface area contributed by atoms with Gasteiger partial charge in [-0.25, -0.2) is 15.0 Å². The van der Waals surface area contributed by atoms with E-state index in [1.54, 1.807) is 6.20 Å². The van der Waals surface area contributed by atoms with Crippen LogP contribution in [0.25, 0.3) is 22.2 Å². The first-order valence-electron chi connectivity index (χ1n) is 12.2. The third-order valence-electron chi connectivity index (χ3n) is 7.36. The number of piperidine rings is 2. The van der Waals surface area contributed by atoms with E-state index in [2.05, 4.69) is 45.0 Å². The lowest BCUT2D eigenvalue weighted by atomic mass is 9.98. The summed E-state index contributed by atoms with van der Waals surface area (Å²) in [5.41, 5.74) is 10.4. The van der Waals surface area contributed by atoms with Crippen LogP contribution in [0.2, 0.25) is 0 Å². The molecule has 3 aromatic rings. The van der Waals surface area contributed by atoms with Gasteiger partial charge in [-0.3, -0.25) is 4.68 Å². The predicted molar refractivity (Wildman–Crippen MR) is 132 cm³/mol. The molecule has 0 aliphatic carbocycles. The highest BCUT2D eigenvalue weighted by atomic mass is 15.3. The molecule has 0 radical (unpaired) electrons. The van der Waals surface area contributed by atoms with Gasteiger partial charge in [-0.15, -0.1) is 0 Å². The summed E-state index contributed by atoms with van der Waals surface area (Å²) < 4.78 is 2.14. The van der Waals surface area contributed by atoms with Crippen molar-refractivity contribution in [2.45, 2.75) is 51.1 Å². The first kappa shape index (κ1) is 22.0. The number of nitrogens with one attached hydrogen (secondary N) is 1. The van der Waals surface area contributed by atoms with Crippen LogP contribution in [0.3, 0.4) is 0 Å². The van der Waals surface area contributed by atoms with Crippen LogP contribution in [-0.4, -0.2) is 80.8 Å². The number of fused-ring (bicyclic) bond motifs is 1. The van der Waals surface area contributed by atoms with Crippen LogP contribution in [0.4, 0.5) is 11.6 Å². The number of hydrogen-bond acceptors (Lipinski definition) is 8. The average Bonchev–Trinajstić information content (AvgIpc) is 3.34. The minimum Gasteiger partial charge on any atom is -0.382 e. The number of nitrogens with zero attached hydrogens (tertiary/aromatic N) is 7. The summed E-state index contributed by atoms with van der Waals surface area (Å²) in [7, 11) is 4.10. The van der Waals surface area contributed by atoms with Crippen molar-refractivity contribution in [1.82, 2.24) is 34.5 Å². The molecule has 3 aromatic heterocycles. The van der Waals surface area contributed by atoms with E-state index in [9.17, 15) is 0 Å². The van der Waals surface area contributed by atoms with Crippen molar-refractivity contribution in [3.63, 3.8) is 0 Å². The molecule has 0 amide bonds. The summed E-state index contributed by atoms with van der Waals surface area (Å²) >= 11 is 0. The largest absolute Gasteiger partial charge is 0.382 e. The van der Waals surface area contributed by atoms with Crippen LogP contribution in [0, 0.1) is 0 Å². The van der Waals surface area contributed by atoms with E-state index >= 15 is 0 Å². The highest BCUT2D eigenvalue weighted by molar-refractivity contribution is 5.96. The summed E-state index contributed by atoms with van der Waals surface area (Å²) in [4.78, 5) is 19.2. The van der Waals surface area contributed by atoms with Gasteiger partial charge in [0.2, 0.25) is 0 Å². The van der Waals surface area contributed by atoms with Crippen LogP contribution >= 0.6 is 0 Å². The minimum absolute atomic E-state index is 0.410. The zero-order chi connectivity index (χ0) is 22.9. The molecule has 5 heterocycles. The molecule has 0 unspecified atom stereocenters. The molecule has 0 saturated carbocycles. The Hall–Kier alpha value is -2.78. The van der Waals surface area contributed by atoms with Gasteiger partial charge in [0, 0.05) is 49.7 Å². The molecule has 176 valence electrons. The number of hydrogen-bond donors (Lipinski definition) is 2. The molecule has 0 atom stereocenters. The maximum Gasteiger partial charge on any atom is 0.151 e. The minimum atomic E-state index is 0.410. The number of rotatable bonds is 5. The number of aryl methyl sites for hydroxylation is 1. The first-order chi connectivity index (χ1) is 16.1. The summed E-state index contributed by atoms with van der Waals surface area (Å²) in [6, 6.07) is 1.18. The molecule has 2 fully saturated rings. The second kappa shape index (κ2) is 9.23. The summed E-state index contributed by atoms with van der Waals surface area (Å²) in [6.45, 7) is 6.80. The molecule has 5 rings (SSSR count). The maximum absolute atomic E-state index is 6.16. The van der Waals surface area contributed by atoms with Crippen molar-refractivity contribution in [2.75, 3.05) is 51.3 Å². The molecular weight excluding hydrogens is 414 g/mol. The fourth-order valence-electron chi connectivity index (χ4n) is 5.30. The predicted octanol–water partition coefficient (Wildman–Crippen LogP) is 2.81. The van der Waals surface area contributed by atoms with E-state index < -0.39 is 0 Å². The number of nitrogen functional groups attached to an aromatic ring is 1. The molecule has 2 aliphatic heterocycles. The van der Waals surface area contributed by atoms with Gasteiger partial charge >= 0.3 is 0 Å². The molecule has 9 nitrogen and oxygen atoms in total. The monoisotopic (exact) mass is 449 g/mol. The van der Waals surface area contributed by atoms with Gasteiger partial charge in [-0.1, -0.05) is 6.92 Å². The van der Waals surface area contributed by atoms with Crippen LogP contribution < -0.4 is 11.1 Å². The van der Waals surface area contributed by atoms with E-state index in [-0.39, 0.29) is 0 Å². The van der Waals surface area contributed by atoms with Crippen molar-refractivity contribution in [3.05, 3.63) is 24.3 Å². The Bertz CT molecular complexity index is 1110. The van der Waals surface area contributed by atoms with Crippen molar-refractivity contribution in [3.8, 4) is 11.1 Å². The third kappa shape index (κ3) is 4.27. The van der Waals surface area contributed by atoms with E-state index in [1.807, 2.05) is 13.2 Å². The Morgan fingerprint density at radius 1 is 1.00 bits per heavy atom. The first-order valence-corrected chi connectivity index (χ1v) is 12.2. The van der Waals surface area contributed by atoms with Crippen molar-refractivity contribution >= 4 is 22.7 Å². The Kier molecular flexibility index (Phi) is 6.16. The van der Waals surface area contributed by atoms with Gasteiger partial charge in [0.1, 0.15) is 16.9 Å². The smallest absolute Gasteiger partial charge is 0.151 e. The SMILES string of the molecule is CCc1nc2c(N)ncc(-c3cnn(C4CCN(C5CCN(C)CC5)CC4)c3)c2nc1NC. The Balaban J connectivity index is 1.35. The highest BCUT2D eigenvalue weighted by Gasteiger charge is 2.28. The zero-order valence-electron chi connectivity index (χ0n) is 20.0. The lowest BCUT2D eigenvalue weighted by Gasteiger charge is -2.41. The van der Waals surface area contributed by atoms with Crippen LogP contribution in [-0.2, 0) is 6.42 Å². The lowest BCUT2D eigenvalue weighted by Crippen LogP contribution is -2.47. The third-order valence-corrected chi connectivity index (χ3v) is 7.36. The number of pyridine rings is 1. The summed E-state index contributed by atoms with van der Waals surface area (Å²) in [6.07, 6.45) is 11.5. The topological polar surface area (TPSA) is 101 Å². The number of aromatic nitrogens is 5. The van der Waals surface area contributed by atoms with Crippen LogP contribution in [0.1, 0.15) is 44.3 Å². The average molecular weight is 450 g/mol. The molecule has 33 heavy (non-hydrogen) atoms. The molecule has 3 N–H and O–H groups in total. The molecule has 0 spiro atoms. The van der Waals surface area contributed by atoms with Crippen LogP contribution in [0.5, 0.6) is 0 Å². The standard InChI is InChI=1S/C24H35N9/c1-4-20-24(26-2)30-21-19(14-27-23(25)22(21)29-20)16-13-28-33(15-16)18-7-11-32(12-8-18)17-5-9-31(3)10-6-17/h13-15,17-18H,4-12H2,1-3H3,(H2,25,27)(H,26,30). The fourth-order valence-corrected chi connectivity index (χ4v) is 5.30. The van der Waals surface area contributed by atoms with Gasteiger partial charge in [0.05, 0.1) is 17.9 Å². The number of anilines is 2. The fraction of sp³-hybridized carbons (Fsp3) is 0.583. The van der Waals surface area contributed by atoms with Crippen molar-refractivity contribution in [2.24, 2.45) is 0 Å². The number of nitrogens with two attached hydrogens (primary N) is 1. The second-order valence-corrected chi connectivity index (χ2v) is 9.39. The molecule has 9 heteroatoms. The summed E-state index contributed by atoms with van der Waals surface area (Å²) in [5.74, 6) is 1.19. The molecule has 2 aliphatic rings. The molecule has 0 bridgehead atoms. The van der Waals surface area contributed by atoms with Gasteiger partial charge in [0.25, 0.3) is 0 Å². The summed E-state index contributed by atoms with van der Waals surface area (Å²) in [5, 5.41) is 7.90. The van der Waals surface area contributed by atoms with Gasteiger partial charge in [0.15, 0.2) is 5.82 Å². The Morgan fingerprint density at radius 2 is 1.73 bits per heavy atom. The van der Waals surface area contributed by atoms with Crippen LogP contribution in [0.15, 0.2) is 18.6 Å². The molecule has 2 saturated heterocycles. The quantitative estimate of drug-likeness (QED) is 0.613. The van der Waals surface area contributed by atoms with Gasteiger partial charge in [-0.2, -0.15) is 5.10 Å². The van der Waals surface area contributed by atoms with Crippen molar-refractivity contribution in [1.29, 1.82) is 0 Å². The normalized spacial score (nSPS) is 19.4. The van der Waals surface area contributed by atoms with E-state index in [1.165, 1.54) is 25.9 Å². The second-order valence-electron chi connectivity index (χ2n) is 9.39. The van der Waals surface area contributed by atoms with E-state index in [4.69, 9.17) is 20.8 Å². The van der Waals surface area contributed by atoms with E-state index in [0.29, 0.717) is 17.4 Å².